The third-order valence-electron chi connectivity index (χ3n) is 2.51. The molecule has 0 aliphatic heterocycles. The van der Waals surface area contributed by atoms with E-state index < -0.39 is 9.84 Å². The molecule has 1 aromatic carbocycles. The minimum atomic E-state index is -3.25. The van der Waals surface area contributed by atoms with Gasteiger partial charge in [-0.2, -0.15) is 0 Å². The van der Waals surface area contributed by atoms with Gasteiger partial charge in [0.15, 0.2) is 9.84 Å². The van der Waals surface area contributed by atoms with Crippen LogP contribution in [0.4, 0.5) is 0 Å². The van der Waals surface area contributed by atoms with E-state index in [4.69, 9.17) is 5.11 Å². The average molecular weight is 242 g/mol. The zero-order valence-electron chi connectivity index (χ0n) is 9.46. The van der Waals surface area contributed by atoms with Gasteiger partial charge in [0.2, 0.25) is 0 Å². The Kier molecular flexibility index (Phi) is 4.96. The largest absolute Gasteiger partial charge is 0.396 e. The van der Waals surface area contributed by atoms with E-state index in [2.05, 4.69) is 0 Å². The molecule has 1 atom stereocenters. The fourth-order valence-electron chi connectivity index (χ4n) is 1.67. The standard InChI is InChI=1S/C12H18O3S/c1-2-6-11(9-13)10-16(14,15)12-7-4-3-5-8-12/h3-5,7-8,11,13H,2,6,9-10H2,1H3/t11-/m0/s1. The summed E-state index contributed by atoms with van der Waals surface area (Å²) in [6.07, 6.45) is 1.62. The van der Waals surface area contributed by atoms with Gasteiger partial charge in [0, 0.05) is 6.61 Å². The van der Waals surface area contributed by atoms with E-state index in [1.807, 2.05) is 6.92 Å². The molecule has 0 heterocycles. The lowest BCUT2D eigenvalue weighted by Gasteiger charge is -2.13. The lowest BCUT2D eigenvalue weighted by Crippen LogP contribution is -2.19. The molecule has 0 radical (unpaired) electrons. The number of hydrogen-bond donors (Lipinski definition) is 1. The molecule has 0 amide bonds. The molecule has 0 unspecified atom stereocenters. The number of sulfone groups is 1. The monoisotopic (exact) mass is 242 g/mol. The summed E-state index contributed by atoms with van der Waals surface area (Å²) in [4.78, 5) is 0.338. The number of benzene rings is 1. The highest BCUT2D eigenvalue weighted by Crippen LogP contribution is 2.16. The van der Waals surface area contributed by atoms with Gasteiger partial charge in [0.25, 0.3) is 0 Å². The zero-order valence-corrected chi connectivity index (χ0v) is 10.3. The molecule has 90 valence electrons. The van der Waals surface area contributed by atoms with E-state index in [9.17, 15) is 8.42 Å². The fraction of sp³-hybridized carbons (Fsp3) is 0.500. The van der Waals surface area contributed by atoms with Crippen molar-refractivity contribution in [2.75, 3.05) is 12.4 Å². The number of aliphatic hydroxyl groups excluding tert-OH is 1. The number of rotatable bonds is 6. The first-order valence-electron chi connectivity index (χ1n) is 5.48. The summed E-state index contributed by atoms with van der Waals surface area (Å²) in [5.74, 6) is -0.128. The van der Waals surface area contributed by atoms with Gasteiger partial charge in [-0.25, -0.2) is 8.42 Å². The lowest BCUT2D eigenvalue weighted by molar-refractivity contribution is 0.230. The van der Waals surface area contributed by atoms with Crippen LogP contribution in [0.2, 0.25) is 0 Å². The predicted octanol–water partition coefficient (Wildman–Crippen LogP) is 1.87. The van der Waals surface area contributed by atoms with Crippen molar-refractivity contribution in [2.45, 2.75) is 24.7 Å². The van der Waals surface area contributed by atoms with Crippen molar-refractivity contribution < 1.29 is 13.5 Å². The molecule has 3 nitrogen and oxygen atoms in total. The SMILES string of the molecule is CCC[C@@H](CO)CS(=O)(=O)c1ccccc1. The molecule has 0 aliphatic rings. The van der Waals surface area contributed by atoms with Crippen molar-refractivity contribution >= 4 is 9.84 Å². The van der Waals surface area contributed by atoms with E-state index in [0.717, 1.165) is 12.8 Å². The molecule has 0 aromatic heterocycles. The van der Waals surface area contributed by atoms with Gasteiger partial charge in [-0.1, -0.05) is 31.5 Å². The minimum absolute atomic E-state index is 0.0291. The van der Waals surface area contributed by atoms with Crippen molar-refractivity contribution in [3.8, 4) is 0 Å². The Morgan fingerprint density at radius 3 is 2.38 bits per heavy atom. The van der Waals surface area contributed by atoms with Crippen molar-refractivity contribution in [1.29, 1.82) is 0 Å². The summed E-state index contributed by atoms with van der Waals surface area (Å²) in [5, 5.41) is 9.10. The van der Waals surface area contributed by atoms with Gasteiger partial charge in [-0.15, -0.1) is 0 Å². The topological polar surface area (TPSA) is 54.4 Å². The second-order valence-electron chi connectivity index (χ2n) is 3.93. The predicted molar refractivity (Wildman–Crippen MR) is 64.0 cm³/mol. The second-order valence-corrected chi connectivity index (χ2v) is 5.97. The van der Waals surface area contributed by atoms with Gasteiger partial charge in [-0.05, 0) is 24.5 Å². The van der Waals surface area contributed by atoms with E-state index in [1.54, 1.807) is 30.3 Å². The van der Waals surface area contributed by atoms with Gasteiger partial charge >= 0.3 is 0 Å². The maximum absolute atomic E-state index is 12.0. The molecular weight excluding hydrogens is 224 g/mol. The Morgan fingerprint density at radius 2 is 1.88 bits per heavy atom. The van der Waals surface area contributed by atoms with Crippen LogP contribution in [-0.4, -0.2) is 25.9 Å². The molecule has 16 heavy (non-hydrogen) atoms. The van der Waals surface area contributed by atoms with E-state index >= 15 is 0 Å². The number of aliphatic hydroxyl groups is 1. The molecule has 0 spiro atoms. The summed E-state index contributed by atoms with van der Waals surface area (Å²) < 4.78 is 23.9. The van der Waals surface area contributed by atoms with Gasteiger partial charge in [0.1, 0.15) is 0 Å². The molecule has 0 bridgehead atoms. The molecule has 0 aliphatic carbocycles. The maximum Gasteiger partial charge on any atom is 0.178 e. The highest BCUT2D eigenvalue weighted by Gasteiger charge is 2.19. The first-order valence-corrected chi connectivity index (χ1v) is 7.14. The van der Waals surface area contributed by atoms with E-state index in [-0.39, 0.29) is 18.3 Å². The zero-order chi connectivity index (χ0) is 12.0. The Balaban J connectivity index is 2.79. The number of hydrogen-bond acceptors (Lipinski definition) is 3. The second kappa shape index (κ2) is 6.01. The van der Waals surface area contributed by atoms with Crippen LogP contribution in [0.1, 0.15) is 19.8 Å². The fourth-order valence-corrected chi connectivity index (χ4v) is 3.33. The molecule has 1 rings (SSSR count). The Bertz CT molecular complexity index is 398. The summed E-state index contributed by atoms with van der Waals surface area (Å²) in [6, 6.07) is 8.39. The summed E-state index contributed by atoms with van der Waals surface area (Å²) in [5.41, 5.74) is 0. The van der Waals surface area contributed by atoms with Crippen LogP contribution in [-0.2, 0) is 9.84 Å². The van der Waals surface area contributed by atoms with E-state index in [1.165, 1.54) is 0 Å². The quantitative estimate of drug-likeness (QED) is 0.828. The van der Waals surface area contributed by atoms with Gasteiger partial charge in [0.05, 0.1) is 10.6 Å². The molecular formula is C12H18O3S. The van der Waals surface area contributed by atoms with E-state index in [0.29, 0.717) is 4.90 Å². The van der Waals surface area contributed by atoms with Crippen LogP contribution in [0.15, 0.2) is 35.2 Å². The first-order chi connectivity index (χ1) is 7.60. The third-order valence-corrected chi connectivity index (χ3v) is 4.41. The van der Waals surface area contributed by atoms with Gasteiger partial charge in [-0.3, -0.25) is 0 Å². The molecule has 1 aromatic rings. The van der Waals surface area contributed by atoms with Crippen LogP contribution >= 0.6 is 0 Å². The highest BCUT2D eigenvalue weighted by molar-refractivity contribution is 7.91. The van der Waals surface area contributed by atoms with Crippen molar-refractivity contribution in [1.82, 2.24) is 0 Å². The van der Waals surface area contributed by atoms with Gasteiger partial charge < -0.3 is 5.11 Å². The summed E-state index contributed by atoms with van der Waals surface area (Å²) >= 11 is 0. The summed E-state index contributed by atoms with van der Waals surface area (Å²) in [6.45, 7) is 1.91. The minimum Gasteiger partial charge on any atom is -0.396 e. The summed E-state index contributed by atoms with van der Waals surface area (Å²) in [7, 11) is -3.25. The Labute approximate surface area is 97.0 Å². The molecule has 4 heteroatoms. The van der Waals surface area contributed by atoms with Crippen molar-refractivity contribution in [3.63, 3.8) is 0 Å². The van der Waals surface area contributed by atoms with Crippen LogP contribution in [0, 0.1) is 5.92 Å². The van der Waals surface area contributed by atoms with Crippen molar-refractivity contribution in [3.05, 3.63) is 30.3 Å². The Hall–Kier alpha value is -0.870. The van der Waals surface area contributed by atoms with Crippen molar-refractivity contribution in [2.24, 2.45) is 5.92 Å². The normalized spacial score (nSPS) is 13.6. The highest BCUT2D eigenvalue weighted by atomic mass is 32.2. The lowest BCUT2D eigenvalue weighted by atomic mass is 10.1. The molecule has 0 saturated heterocycles. The molecule has 0 fully saturated rings. The smallest absolute Gasteiger partial charge is 0.178 e. The van der Waals surface area contributed by atoms with Crippen LogP contribution < -0.4 is 0 Å². The average Bonchev–Trinajstić information content (AvgIpc) is 2.29. The van der Waals surface area contributed by atoms with Crippen LogP contribution in [0.25, 0.3) is 0 Å². The van der Waals surface area contributed by atoms with Crippen LogP contribution in [0.5, 0.6) is 0 Å². The first kappa shape index (κ1) is 13.2. The maximum atomic E-state index is 12.0. The Morgan fingerprint density at radius 1 is 1.25 bits per heavy atom. The third kappa shape index (κ3) is 3.61. The molecule has 1 N–H and O–H groups in total. The molecule has 0 saturated carbocycles. The van der Waals surface area contributed by atoms with Crippen LogP contribution in [0.3, 0.4) is 0 Å².